The Morgan fingerprint density at radius 3 is 2.73 bits per heavy atom. The molecule has 0 atom stereocenters. The van der Waals surface area contributed by atoms with Crippen molar-refractivity contribution in [2.45, 2.75) is 33.3 Å². The van der Waals surface area contributed by atoms with Crippen LogP contribution >= 0.6 is 0 Å². The van der Waals surface area contributed by atoms with Gasteiger partial charge in [-0.3, -0.25) is 0 Å². The smallest absolute Gasteiger partial charge is 0.217 e. The van der Waals surface area contributed by atoms with Crippen LogP contribution in [0.3, 0.4) is 0 Å². The Labute approximate surface area is 91.1 Å². The first-order valence-corrected chi connectivity index (χ1v) is 5.27. The summed E-state index contributed by atoms with van der Waals surface area (Å²) >= 11 is 0. The standard InChI is InChI=1S/C11H19N3O/c1-8(2)15-11-7-10(5-6-12-4)13-9(3)14-11/h7-8,12H,5-6H2,1-4H3. The van der Waals surface area contributed by atoms with Crippen LogP contribution in [-0.2, 0) is 6.42 Å². The molecule has 0 radical (unpaired) electrons. The second kappa shape index (κ2) is 5.66. The topological polar surface area (TPSA) is 47.0 Å². The third kappa shape index (κ3) is 4.25. The first kappa shape index (κ1) is 11.9. The summed E-state index contributed by atoms with van der Waals surface area (Å²) in [6.45, 7) is 6.78. The number of hydrogen-bond donors (Lipinski definition) is 1. The van der Waals surface area contributed by atoms with E-state index in [1.165, 1.54) is 0 Å². The van der Waals surface area contributed by atoms with Gasteiger partial charge in [0.15, 0.2) is 0 Å². The number of rotatable bonds is 5. The summed E-state index contributed by atoms with van der Waals surface area (Å²) in [7, 11) is 1.93. The second-order valence-electron chi connectivity index (χ2n) is 3.76. The van der Waals surface area contributed by atoms with Gasteiger partial charge in [0.05, 0.1) is 6.10 Å². The number of aromatic nitrogens is 2. The van der Waals surface area contributed by atoms with Crippen LogP contribution in [0.15, 0.2) is 6.07 Å². The van der Waals surface area contributed by atoms with Crippen molar-refractivity contribution in [3.63, 3.8) is 0 Å². The lowest BCUT2D eigenvalue weighted by Gasteiger charge is -2.10. The number of nitrogens with zero attached hydrogens (tertiary/aromatic N) is 2. The second-order valence-corrected chi connectivity index (χ2v) is 3.76. The van der Waals surface area contributed by atoms with Crippen LogP contribution in [0, 0.1) is 6.92 Å². The molecule has 0 amide bonds. The minimum absolute atomic E-state index is 0.149. The lowest BCUT2D eigenvalue weighted by molar-refractivity contribution is 0.231. The van der Waals surface area contributed by atoms with Crippen LogP contribution in [0.2, 0.25) is 0 Å². The molecule has 1 N–H and O–H groups in total. The van der Waals surface area contributed by atoms with Gasteiger partial charge in [-0.2, -0.15) is 4.98 Å². The molecule has 1 rings (SSSR count). The zero-order chi connectivity index (χ0) is 11.3. The van der Waals surface area contributed by atoms with E-state index in [1.807, 2.05) is 33.9 Å². The summed E-state index contributed by atoms with van der Waals surface area (Å²) in [5, 5.41) is 3.09. The van der Waals surface area contributed by atoms with Gasteiger partial charge in [0.25, 0.3) is 0 Å². The molecule has 0 aliphatic carbocycles. The Balaban J connectivity index is 2.75. The highest BCUT2D eigenvalue weighted by Gasteiger charge is 2.04. The normalized spacial score (nSPS) is 10.7. The summed E-state index contributed by atoms with van der Waals surface area (Å²) in [4.78, 5) is 8.58. The van der Waals surface area contributed by atoms with Crippen LogP contribution < -0.4 is 10.1 Å². The molecule has 1 aromatic heterocycles. The van der Waals surface area contributed by atoms with E-state index in [2.05, 4.69) is 15.3 Å². The number of nitrogens with one attached hydrogen (secondary N) is 1. The molecule has 1 heterocycles. The number of ether oxygens (including phenoxy) is 1. The number of hydrogen-bond acceptors (Lipinski definition) is 4. The largest absolute Gasteiger partial charge is 0.475 e. The fourth-order valence-corrected chi connectivity index (χ4v) is 1.28. The molecule has 0 spiro atoms. The van der Waals surface area contributed by atoms with Crippen LogP contribution in [0.4, 0.5) is 0 Å². The first-order chi connectivity index (χ1) is 7.11. The van der Waals surface area contributed by atoms with Gasteiger partial charge in [-0.25, -0.2) is 4.98 Å². The molecule has 0 bridgehead atoms. The van der Waals surface area contributed by atoms with Crippen LogP contribution in [0.25, 0.3) is 0 Å². The van der Waals surface area contributed by atoms with E-state index in [0.29, 0.717) is 5.88 Å². The third-order valence-electron chi connectivity index (χ3n) is 1.86. The molecule has 0 saturated heterocycles. The van der Waals surface area contributed by atoms with Gasteiger partial charge in [-0.05, 0) is 27.8 Å². The highest BCUT2D eigenvalue weighted by molar-refractivity contribution is 5.16. The Kier molecular flexibility index (Phi) is 4.49. The van der Waals surface area contributed by atoms with E-state index in [0.717, 1.165) is 24.5 Å². The summed E-state index contributed by atoms with van der Waals surface area (Å²) in [5.41, 5.74) is 1.02. The maximum absolute atomic E-state index is 5.54. The lowest BCUT2D eigenvalue weighted by atomic mass is 10.3. The molecular formula is C11H19N3O. The van der Waals surface area contributed by atoms with Crippen molar-refractivity contribution >= 4 is 0 Å². The fourth-order valence-electron chi connectivity index (χ4n) is 1.28. The quantitative estimate of drug-likeness (QED) is 0.795. The Morgan fingerprint density at radius 2 is 2.13 bits per heavy atom. The predicted octanol–water partition coefficient (Wildman–Crippen LogP) is 1.33. The molecule has 4 heteroatoms. The molecule has 4 nitrogen and oxygen atoms in total. The zero-order valence-electron chi connectivity index (χ0n) is 9.87. The average molecular weight is 209 g/mol. The van der Waals surface area contributed by atoms with Crippen LogP contribution in [0.1, 0.15) is 25.4 Å². The van der Waals surface area contributed by atoms with Crippen molar-refractivity contribution in [3.05, 3.63) is 17.6 Å². The highest BCUT2D eigenvalue weighted by Crippen LogP contribution is 2.11. The fraction of sp³-hybridized carbons (Fsp3) is 0.636. The lowest BCUT2D eigenvalue weighted by Crippen LogP contribution is -2.13. The third-order valence-corrected chi connectivity index (χ3v) is 1.86. The first-order valence-electron chi connectivity index (χ1n) is 5.27. The van der Waals surface area contributed by atoms with Gasteiger partial charge in [0.2, 0.25) is 5.88 Å². The Bertz CT molecular complexity index is 313. The molecule has 84 valence electrons. The molecule has 0 saturated carbocycles. The van der Waals surface area contributed by atoms with Gasteiger partial charge in [0, 0.05) is 24.7 Å². The minimum atomic E-state index is 0.149. The van der Waals surface area contributed by atoms with E-state index in [9.17, 15) is 0 Å². The van der Waals surface area contributed by atoms with Crippen molar-refractivity contribution in [2.24, 2.45) is 0 Å². The molecule has 15 heavy (non-hydrogen) atoms. The molecule has 1 aromatic rings. The molecular weight excluding hydrogens is 190 g/mol. The Morgan fingerprint density at radius 1 is 1.40 bits per heavy atom. The molecule has 0 unspecified atom stereocenters. The van der Waals surface area contributed by atoms with E-state index in [1.54, 1.807) is 0 Å². The SMILES string of the molecule is CNCCc1cc(OC(C)C)nc(C)n1. The molecule has 0 fully saturated rings. The van der Waals surface area contributed by atoms with Gasteiger partial charge >= 0.3 is 0 Å². The number of aryl methyl sites for hydroxylation is 1. The molecule has 0 aliphatic heterocycles. The van der Waals surface area contributed by atoms with Crippen molar-refractivity contribution in [1.29, 1.82) is 0 Å². The van der Waals surface area contributed by atoms with Gasteiger partial charge in [-0.1, -0.05) is 0 Å². The monoisotopic (exact) mass is 209 g/mol. The van der Waals surface area contributed by atoms with E-state index in [4.69, 9.17) is 4.74 Å². The average Bonchev–Trinajstić information content (AvgIpc) is 2.12. The van der Waals surface area contributed by atoms with Gasteiger partial charge < -0.3 is 10.1 Å². The van der Waals surface area contributed by atoms with E-state index in [-0.39, 0.29) is 6.10 Å². The Hall–Kier alpha value is -1.16. The van der Waals surface area contributed by atoms with E-state index < -0.39 is 0 Å². The minimum Gasteiger partial charge on any atom is -0.475 e. The maximum atomic E-state index is 5.54. The molecule has 0 aromatic carbocycles. The van der Waals surface area contributed by atoms with Gasteiger partial charge in [0.1, 0.15) is 5.82 Å². The summed E-state index contributed by atoms with van der Waals surface area (Å²) < 4.78 is 5.54. The van der Waals surface area contributed by atoms with Crippen molar-refractivity contribution < 1.29 is 4.74 Å². The van der Waals surface area contributed by atoms with Crippen LogP contribution in [0.5, 0.6) is 5.88 Å². The summed E-state index contributed by atoms with van der Waals surface area (Å²) in [6, 6.07) is 1.91. The van der Waals surface area contributed by atoms with Crippen molar-refractivity contribution in [2.75, 3.05) is 13.6 Å². The molecule has 0 aliphatic rings. The van der Waals surface area contributed by atoms with E-state index >= 15 is 0 Å². The summed E-state index contributed by atoms with van der Waals surface area (Å²) in [6.07, 6.45) is 1.05. The highest BCUT2D eigenvalue weighted by atomic mass is 16.5. The maximum Gasteiger partial charge on any atom is 0.217 e. The van der Waals surface area contributed by atoms with Gasteiger partial charge in [-0.15, -0.1) is 0 Å². The summed E-state index contributed by atoms with van der Waals surface area (Å²) in [5.74, 6) is 1.43. The van der Waals surface area contributed by atoms with Crippen LogP contribution in [-0.4, -0.2) is 29.7 Å². The number of likely N-dealkylation sites (N-methyl/N-ethyl adjacent to an activating group) is 1. The zero-order valence-corrected chi connectivity index (χ0v) is 9.87. The van der Waals surface area contributed by atoms with Crippen molar-refractivity contribution in [3.8, 4) is 5.88 Å². The van der Waals surface area contributed by atoms with Crippen molar-refractivity contribution in [1.82, 2.24) is 15.3 Å². The predicted molar refractivity (Wildman–Crippen MR) is 60.2 cm³/mol.